The number of nitrogens with one attached hydrogen (secondary N) is 1. The number of hydrogen-bond donors (Lipinski definition) is 1. The lowest BCUT2D eigenvalue weighted by Gasteiger charge is -2.28. The van der Waals surface area contributed by atoms with Gasteiger partial charge in [0.05, 0.1) is 6.20 Å². The molecule has 0 fully saturated rings. The average Bonchev–Trinajstić information content (AvgIpc) is 3.18. The molecule has 0 saturated carbocycles. The number of aryl methyl sites for hydroxylation is 1. The standard InChI is InChI=1S/C25H30BrN5O/c1-20-15-28-31(16-20)19-25(32)30-13-12-29(17-21-6-3-2-4-7-21)11-5-10-27-24-9-8-23(26)14-22(24)18-30/h2-4,6-9,14-16,27H,5,10-13,17-19H2,1H3. The van der Waals surface area contributed by atoms with E-state index in [9.17, 15) is 4.79 Å². The summed E-state index contributed by atoms with van der Waals surface area (Å²) in [5.41, 5.74) is 4.58. The van der Waals surface area contributed by atoms with Crippen LogP contribution in [-0.4, -0.2) is 51.7 Å². The number of rotatable bonds is 4. The van der Waals surface area contributed by atoms with Crippen LogP contribution in [0.1, 0.15) is 23.1 Å². The van der Waals surface area contributed by atoms with E-state index < -0.39 is 0 Å². The van der Waals surface area contributed by atoms with E-state index in [4.69, 9.17) is 0 Å². The van der Waals surface area contributed by atoms with Crippen LogP contribution in [0.5, 0.6) is 0 Å². The second kappa shape index (κ2) is 10.8. The molecule has 1 N–H and O–H groups in total. The van der Waals surface area contributed by atoms with Crippen LogP contribution in [0.2, 0.25) is 0 Å². The van der Waals surface area contributed by atoms with E-state index in [-0.39, 0.29) is 12.5 Å². The van der Waals surface area contributed by atoms with Crippen LogP contribution in [0.25, 0.3) is 0 Å². The van der Waals surface area contributed by atoms with Gasteiger partial charge in [-0.3, -0.25) is 14.4 Å². The molecular formula is C25H30BrN5O. The normalized spacial score (nSPS) is 15.5. The van der Waals surface area contributed by atoms with Crippen LogP contribution in [0, 0.1) is 6.92 Å². The summed E-state index contributed by atoms with van der Waals surface area (Å²) in [4.78, 5) is 17.7. The van der Waals surface area contributed by atoms with Gasteiger partial charge < -0.3 is 10.2 Å². The van der Waals surface area contributed by atoms with E-state index >= 15 is 0 Å². The Bertz CT molecular complexity index is 1040. The molecule has 0 spiro atoms. The van der Waals surface area contributed by atoms with Crippen LogP contribution in [0.4, 0.5) is 5.69 Å². The van der Waals surface area contributed by atoms with Gasteiger partial charge in [-0.25, -0.2) is 0 Å². The third-order valence-electron chi connectivity index (χ3n) is 5.74. The number of hydrogen-bond acceptors (Lipinski definition) is 4. The molecule has 6 nitrogen and oxygen atoms in total. The Labute approximate surface area is 198 Å². The van der Waals surface area contributed by atoms with Crippen molar-refractivity contribution in [1.29, 1.82) is 0 Å². The summed E-state index contributed by atoms with van der Waals surface area (Å²) >= 11 is 3.59. The smallest absolute Gasteiger partial charge is 0.244 e. The third kappa shape index (κ3) is 6.20. The van der Waals surface area contributed by atoms with Crippen LogP contribution >= 0.6 is 15.9 Å². The molecule has 1 amide bonds. The molecule has 0 atom stereocenters. The maximum absolute atomic E-state index is 13.3. The highest BCUT2D eigenvalue weighted by Crippen LogP contribution is 2.23. The molecule has 0 saturated heterocycles. The molecule has 1 aromatic heterocycles. The molecular weight excluding hydrogens is 466 g/mol. The largest absolute Gasteiger partial charge is 0.385 e. The predicted octanol–water partition coefficient (Wildman–Crippen LogP) is 4.30. The van der Waals surface area contributed by atoms with E-state index in [1.165, 1.54) is 5.56 Å². The summed E-state index contributed by atoms with van der Waals surface area (Å²) in [5, 5.41) is 7.89. The van der Waals surface area contributed by atoms with Gasteiger partial charge in [0.15, 0.2) is 0 Å². The van der Waals surface area contributed by atoms with Crippen LogP contribution < -0.4 is 5.32 Å². The van der Waals surface area contributed by atoms with Gasteiger partial charge in [-0.05, 0) is 48.2 Å². The molecule has 1 aliphatic heterocycles. The van der Waals surface area contributed by atoms with Gasteiger partial charge in [0.2, 0.25) is 5.91 Å². The zero-order chi connectivity index (χ0) is 22.3. The van der Waals surface area contributed by atoms with Gasteiger partial charge in [-0.15, -0.1) is 0 Å². The van der Waals surface area contributed by atoms with Crippen molar-refractivity contribution in [1.82, 2.24) is 19.6 Å². The Balaban J connectivity index is 1.54. The second-order valence-electron chi connectivity index (χ2n) is 8.37. The highest BCUT2D eigenvalue weighted by atomic mass is 79.9. The fourth-order valence-electron chi connectivity index (χ4n) is 4.05. The Morgan fingerprint density at radius 1 is 1.12 bits per heavy atom. The highest BCUT2D eigenvalue weighted by molar-refractivity contribution is 9.10. The van der Waals surface area contributed by atoms with Crippen LogP contribution in [0.15, 0.2) is 65.4 Å². The minimum Gasteiger partial charge on any atom is -0.385 e. The zero-order valence-corrected chi connectivity index (χ0v) is 20.1. The van der Waals surface area contributed by atoms with Crippen molar-refractivity contribution >= 4 is 27.5 Å². The first-order chi connectivity index (χ1) is 15.6. The predicted molar refractivity (Wildman–Crippen MR) is 131 cm³/mol. The number of fused-ring (bicyclic) bond motifs is 1. The van der Waals surface area contributed by atoms with Crippen molar-refractivity contribution in [3.63, 3.8) is 0 Å². The monoisotopic (exact) mass is 495 g/mol. The molecule has 168 valence electrons. The molecule has 0 radical (unpaired) electrons. The fraction of sp³-hybridized carbons (Fsp3) is 0.360. The second-order valence-corrected chi connectivity index (χ2v) is 9.29. The van der Waals surface area contributed by atoms with Crippen molar-refractivity contribution in [3.8, 4) is 0 Å². The first kappa shape index (κ1) is 22.6. The Hall–Kier alpha value is -2.64. The fourth-order valence-corrected chi connectivity index (χ4v) is 4.46. The number of halogens is 1. The first-order valence-electron chi connectivity index (χ1n) is 11.1. The van der Waals surface area contributed by atoms with Gasteiger partial charge in [-0.2, -0.15) is 5.10 Å². The van der Waals surface area contributed by atoms with Gasteiger partial charge in [0.1, 0.15) is 6.54 Å². The lowest BCUT2D eigenvalue weighted by atomic mass is 10.1. The summed E-state index contributed by atoms with van der Waals surface area (Å²) < 4.78 is 2.75. The zero-order valence-electron chi connectivity index (χ0n) is 18.5. The Kier molecular flexibility index (Phi) is 7.60. The molecule has 2 aromatic carbocycles. The van der Waals surface area contributed by atoms with Gasteiger partial charge >= 0.3 is 0 Å². The lowest BCUT2D eigenvalue weighted by molar-refractivity contribution is -0.132. The number of amides is 1. The number of anilines is 1. The first-order valence-corrected chi connectivity index (χ1v) is 11.9. The molecule has 0 aliphatic carbocycles. The van der Waals surface area contributed by atoms with Crippen LogP contribution in [-0.2, 0) is 24.4 Å². The number of aromatic nitrogens is 2. The Morgan fingerprint density at radius 3 is 2.75 bits per heavy atom. The summed E-state index contributed by atoms with van der Waals surface area (Å²) in [6.07, 6.45) is 4.75. The third-order valence-corrected chi connectivity index (χ3v) is 6.24. The van der Waals surface area contributed by atoms with Gasteiger partial charge in [-0.1, -0.05) is 46.3 Å². The SMILES string of the molecule is Cc1cnn(CC(=O)N2CCN(Cc3ccccc3)CCCNc3ccc(Br)cc3C2)c1. The molecule has 7 heteroatoms. The maximum Gasteiger partial charge on any atom is 0.244 e. The number of nitrogens with zero attached hydrogens (tertiary/aromatic N) is 4. The number of carbonyl (C=O) groups excluding carboxylic acids is 1. The molecule has 0 bridgehead atoms. The van der Waals surface area contributed by atoms with E-state index in [0.717, 1.165) is 53.9 Å². The number of carbonyl (C=O) groups is 1. The molecule has 3 aromatic rings. The van der Waals surface area contributed by atoms with Crippen molar-refractivity contribution in [2.45, 2.75) is 33.0 Å². The van der Waals surface area contributed by atoms with Gasteiger partial charge in [0.25, 0.3) is 0 Å². The summed E-state index contributed by atoms with van der Waals surface area (Å²) in [6, 6.07) is 16.8. The van der Waals surface area contributed by atoms with Crippen molar-refractivity contribution < 1.29 is 4.79 Å². The minimum absolute atomic E-state index is 0.0814. The van der Waals surface area contributed by atoms with E-state index in [2.05, 4.69) is 67.6 Å². The van der Waals surface area contributed by atoms with Crippen LogP contribution in [0.3, 0.4) is 0 Å². The average molecular weight is 496 g/mol. The topological polar surface area (TPSA) is 53.4 Å². The van der Waals surface area contributed by atoms with Gasteiger partial charge in [0, 0.05) is 55.6 Å². The van der Waals surface area contributed by atoms with Crippen molar-refractivity contribution in [2.24, 2.45) is 0 Å². The highest BCUT2D eigenvalue weighted by Gasteiger charge is 2.19. The van der Waals surface area contributed by atoms with E-state index in [1.54, 1.807) is 10.9 Å². The van der Waals surface area contributed by atoms with Crippen molar-refractivity contribution in [2.75, 3.05) is 31.5 Å². The Morgan fingerprint density at radius 2 is 1.97 bits per heavy atom. The molecule has 1 aliphatic rings. The molecule has 4 rings (SSSR count). The summed E-state index contributed by atoms with van der Waals surface area (Å²) in [5.74, 6) is 0.0814. The molecule has 0 unspecified atom stereocenters. The lowest BCUT2D eigenvalue weighted by Crippen LogP contribution is -2.40. The summed E-state index contributed by atoms with van der Waals surface area (Å²) in [6.45, 7) is 7.10. The molecule has 2 heterocycles. The van der Waals surface area contributed by atoms with E-state index in [1.807, 2.05) is 30.2 Å². The maximum atomic E-state index is 13.3. The minimum atomic E-state index is 0.0814. The molecule has 32 heavy (non-hydrogen) atoms. The van der Waals surface area contributed by atoms with Crippen molar-refractivity contribution in [3.05, 3.63) is 82.1 Å². The number of benzene rings is 2. The summed E-state index contributed by atoms with van der Waals surface area (Å²) in [7, 11) is 0. The van der Waals surface area contributed by atoms with E-state index in [0.29, 0.717) is 13.1 Å². The quantitative estimate of drug-likeness (QED) is 0.586.